The molecule has 0 aliphatic heterocycles. The first kappa shape index (κ1) is 16.2. The van der Waals surface area contributed by atoms with Gasteiger partial charge in [0, 0.05) is 19.3 Å². The third kappa shape index (κ3) is 13.1. The van der Waals surface area contributed by atoms with E-state index in [2.05, 4.69) is 6.58 Å². The zero-order valence-corrected chi connectivity index (χ0v) is 11.1. The number of hydrogen-bond donors (Lipinski definition) is 0. The Kier molecular flexibility index (Phi) is 12.6. The summed E-state index contributed by atoms with van der Waals surface area (Å²) in [5.74, 6) is -0.319. The fourth-order valence-electron chi connectivity index (χ4n) is 1.57. The maximum atomic E-state index is 10.7. The molecule has 0 aromatic heterocycles. The van der Waals surface area contributed by atoms with Crippen LogP contribution in [0.5, 0.6) is 0 Å². The van der Waals surface area contributed by atoms with Gasteiger partial charge in [-0.25, -0.2) is 4.79 Å². The smallest absolute Gasteiger partial charge is 0.330 e. The van der Waals surface area contributed by atoms with Crippen LogP contribution in [0.1, 0.15) is 51.9 Å². The fourth-order valence-corrected chi connectivity index (χ4v) is 1.57. The Morgan fingerprint density at radius 2 is 1.53 bits per heavy atom. The number of carbonyl (C=O) groups is 1. The minimum atomic E-state index is -0.319. The number of rotatable bonds is 12. The van der Waals surface area contributed by atoms with Gasteiger partial charge in [0.25, 0.3) is 0 Å². The minimum absolute atomic E-state index is 0.319. The predicted octanol–water partition coefficient (Wildman–Crippen LogP) is 3.48. The Bertz CT molecular complexity index is 190. The van der Waals surface area contributed by atoms with E-state index in [9.17, 15) is 4.79 Å². The second-order valence-electron chi connectivity index (χ2n) is 4.04. The van der Waals surface area contributed by atoms with Gasteiger partial charge < -0.3 is 9.47 Å². The summed E-state index contributed by atoms with van der Waals surface area (Å²) in [7, 11) is 0. The summed E-state index contributed by atoms with van der Waals surface area (Å²) in [6.45, 7) is 7.62. The monoisotopic (exact) mass is 242 g/mol. The Morgan fingerprint density at radius 1 is 1.00 bits per heavy atom. The van der Waals surface area contributed by atoms with Gasteiger partial charge in [-0.15, -0.1) is 0 Å². The molecular formula is C14H26O3. The van der Waals surface area contributed by atoms with Crippen molar-refractivity contribution in [3.05, 3.63) is 12.7 Å². The highest BCUT2D eigenvalue weighted by Crippen LogP contribution is 2.07. The van der Waals surface area contributed by atoms with E-state index in [-0.39, 0.29) is 5.97 Å². The highest BCUT2D eigenvalue weighted by atomic mass is 16.5. The largest absolute Gasteiger partial charge is 0.463 e. The van der Waals surface area contributed by atoms with Crippen LogP contribution in [0.25, 0.3) is 0 Å². The Morgan fingerprint density at radius 3 is 2.06 bits per heavy atom. The van der Waals surface area contributed by atoms with Crippen molar-refractivity contribution in [3.8, 4) is 0 Å². The van der Waals surface area contributed by atoms with Crippen LogP contribution in [-0.4, -0.2) is 25.8 Å². The minimum Gasteiger partial charge on any atom is -0.463 e. The molecule has 3 nitrogen and oxygen atoms in total. The third-order valence-electron chi connectivity index (χ3n) is 2.55. The number of carbonyl (C=O) groups excluding carboxylic acids is 1. The first-order valence-electron chi connectivity index (χ1n) is 6.68. The molecule has 0 amide bonds. The molecule has 0 rings (SSSR count). The summed E-state index contributed by atoms with van der Waals surface area (Å²) in [5.41, 5.74) is 0. The van der Waals surface area contributed by atoms with Gasteiger partial charge >= 0.3 is 5.97 Å². The van der Waals surface area contributed by atoms with E-state index in [1.807, 2.05) is 6.92 Å². The van der Waals surface area contributed by atoms with E-state index in [1.165, 1.54) is 38.2 Å². The van der Waals surface area contributed by atoms with Crippen LogP contribution in [-0.2, 0) is 14.3 Å². The number of esters is 1. The van der Waals surface area contributed by atoms with Gasteiger partial charge in [-0.2, -0.15) is 0 Å². The quantitative estimate of drug-likeness (QED) is 0.298. The van der Waals surface area contributed by atoms with Gasteiger partial charge in [-0.1, -0.05) is 38.7 Å². The summed E-state index contributed by atoms with van der Waals surface area (Å²) in [4.78, 5) is 10.7. The molecule has 100 valence electrons. The molecule has 0 aliphatic carbocycles. The molecule has 0 saturated carbocycles. The van der Waals surface area contributed by atoms with Crippen molar-refractivity contribution < 1.29 is 14.3 Å². The fraction of sp³-hybridized carbons (Fsp3) is 0.786. The molecule has 0 heterocycles. The lowest BCUT2D eigenvalue weighted by Crippen LogP contribution is -2.01. The molecule has 0 N–H and O–H groups in total. The highest BCUT2D eigenvalue weighted by Gasteiger charge is 1.95. The second kappa shape index (κ2) is 13.2. The third-order valence-corrected chi connectivity index (χ3v) is 2.55. The van der Waals surface area contributed by atoms with Gasteiger partial charge in [0.1, 0.15) is 0 Å². The zero-order valence-electron chi connectivity index (χ0n) is 11.1. The van der Waals surface area contributed by atoms with Crippen molar-refractivity contribution in [2.24, 2.45) is 0 Å². The van der Waals surface area contributed by atoms with Gasteiger partial charge in [0.15, 0.2) is 0 Å². The summed E-state index contributed by atoms with van der Waals surface area (Å²) >= 11 is 0. The van der Waals surface area contributed by atoms with E-state index in [0.29, 0.717) is 6.61 Å². The van der Waals surface area contributed by atoms with Crippen molar-refractivity contribution >= 4 is 5.97 Å². The Balaban J connectivity index is 2.98. The second-order valence-corrected chi connectivity index (χ2v) is 4.04. The average Bonchev–Trinajstić information content (AvgIpc) is 2.35. The van der Waals surface area contributed by atoms with Gasteiger partial charge in [0.05, 0.1) is 6.61 Å². The first-order valence-corrected chi connectivity index (χ1v) is 6.68. The van der Waals surface area contributed by atoms with Crippen molar-refractivity contribution in [1.82, 2.24) is 0 Å². The van der Waals surface area contributed by atoms with Crippen LogP contribution in [0.2, 0.25) is 0 Å². The van der Waals surface area contributed by atoms with Crippen LogP contribution >= 0.6 is 0 Å². The molecule has 0 aromatic carbocycles. The molecule has 0 saturated heterocycles. The summed E-state index contributed by atoms with van der Waals surface area (Å²) in [6.07, 6.45) is 9.49. The van der Waals surface area contributed by atoms with Gasteiger partial charge in [-0.05, 0) is 19.8 Å². The molecular weight excluding hydrogens is 216 g/mol. The average molecular weight is 242 g/mol. The van der Waals surface area contributed by atoms with Gasteiger partial charge in [-0.3, -0.25) is 0 Å². The van der Waals surface area contributed by atoms with Crippen molar-refractivity contribution in [1.29, 1.82) is 0 Å². The van der Waals surface area contributed by atoms with Crippen LogP contribution in [0.3, 0.4) is 0 Å². The normalized spacial score (nSPS) is 10.2. The standard InChI is InChI=1S/C14H26O3/c1-3-14(15)17-13-11-9-7-5-6-8-10-12-16-4-2/h3H,1,4-13H2,2H3. The lowest BCUT2D eigenvalue weighted by Gasteiger charge is -2.03. The van der Waals surface area contributed by atoms with Crippen LogP contribution in [0.4, 0.5) is 0 Å². The molecule has 0 atom stereocenters. The maximum Gasteiger partial charge on any atom is 0.330 e. The summed E-state index contributed by atoms with van der Waals surface area (Å²) < 4.78 is 10.2. The van der Waals surface area contributed by atoms with Gasteiger partial charge in [0.2, 0.25) is 0 Å². The van der Waals surface area contributed by atoms with Crippen molar-refractivity contribution in [2.45, 2.75) is 51.9 Å². The van der Waals surface area contributed by atoms with E-state index in [4.69, 9.17) is 9.47 Å². The predicted molar refractivity (Wildman–Crippen MR) is 70.0 cm³/mol. The van der Waals surface area contributed by atoms with E-state index < -0.39 is 0 Å². The molecule has 17 heavy (non-hydrogen) atoms. The van der Waals surface area contributed by atoms with Crippen molar-refractivity contribution in [3.63, 3.8) is 0 Å². The summed E-state index contributed by atoms with van der Waals surface area (Å²) in [6, 6.07) is 0. The van der Waals surface area contributed by atoms with E-state index in [0.717, 1.165) is 26.1 Å². The number of hydrogen-bond acceptors (Lipinski definition) is 3. The molecule has 0 aliphatic rings. The van der Waals surface area contributed by atoms with Crippen LogP contribution < -0.4 is 0 Å². The molecule has 0 fully saturated rings. The summed E-state index contributed by atoms with van der Waals surface area (Å²) in [5, 5.41) is 0. The van der Waals surface area contributed by atoms with Crippen molar-refractivity contribution in [2.75, 3.05) is 19.8 Å². The highest BCUT2D eigenvalue weighted by molar-refractivity contribution is 5.81. The Hall–Kier alpha value is -0.830. The van der Waals surface area contributed by atoms with E-state index >= 15 is 0 Å². The van der Waals surface area contributed by atoms with E-state index in [1.54, 1.807) is 0 Å². The molecule has 0 bridgehead atoms. The van der Waals surface area contributed by atoms with Crippen LogP contribution in [0.15, 0.2) is 12.7 Å². The SMILES string of the molecule is C=CC(=O)OCCCCCCCCCOCC. The van der Waals surface area contributed by atoms with Crippen LogP contribution in [0, 0.1) is 0 Å². The molecule has 0 unspecified atom stereocenters. The number of ether oxygens (including phenoxy) is 2. The molecule has 3 heteroatoms. The lowest BCUT2D eigenvalue weighted by molar-refractivity contribution is -0.137. The Labute approximate surface area is 105 Å². The molecule has 0 radical (unpaired) electrons. The molecule has 0 spiro atoms. The molecule has 0 aromatic rings. The topological polar surface area (TPSA) is 35.5 Å². The zero-order chi connectivity index (χ0) is 12.8. The lowest BCUT2D eigenvalue weighted by atomic mass is 10.1. The number of unbranched alkanes of at least 4 members (excludes halogenated alkanes) is 6. The maximum absolute atomic E-state index is 10.7. The first-order chi connectivity index (χ1) is 8.31.